The molecule has 0 saturated carbocycles. The molecule has 4 aromatic rings. The van der Waals surface area contributed by atoms with E-state index in [9.17, 15) is 5.11 Å². The second-order valence-electron chi connectivity index (χ2n) is 7.37. The summed E-state index contributed by atoms with van der Waals surface area (Å²) in [6.07, 6.45) is -0.629. The lowest BCUT2D eigenvalue weighted by molar-refractivity contribution is 0.126. The molecule has 3 aromatic carbocycles. The van der Waals surface area contributed by atoms with Crippen molar-refractivity contribution in [2.24, 2.45) is 0 Å². The van der Waals surface area contributed by atoms with Gasteiger partial charge in [-0.1, -0.05) is 66.4 Å². The average molecular weight is 432 g/mol. The van der Waals surface area contributed by atoms with Crippen LogP contribution in [0, 0.1) is 13.8 Å². The average Bonchev–Trinajstić information content (AvgIpc) is 3.23. The zero-order valence-corrected chi connectivity index (χ0v) is 18.4. The molecule has 31 heavy (non-hydrogen) atoms. The highest BCUT2D eigenvalue weighted by atomic mass is 32.2. The second kappa shape index (κ2) is 9.81. The van der Waals surface area contributed by atoms with E-state index in [1.165, 1.54) is 22.9 Å². The number of para-hydroxylation sites is 1. The largest absolute Gasteiger partial charge is 0.491 e. The third-order valence-corrected chi connectivity index (χ3v) is 6.08. The van der Waals surface area contributed by atoms with Crippen LogP contribution in [-0.2, 0) is 0 Å². The van der Waals surface area contributed by atoms with Crippen LogP contribution < -0.4 is 4.74 Å². The highest BCUT2D eigenvalue weighted by Gasteiger charge is 2.18. The molecule has 158 valence electrons. The summed E-state index contributed by atoms with van der Waals surface area (Å²) in [5.74, 6) is 1.97. The van der Waals surface area contributed by atoms with Crippen LogP contribution in [0.25, 0.3) is 17.1 Å². The first-order chi connectivity index (χ1) is 15.1. The molecular weight excluding hydrogens is 406 g/mol. The molecule has 1 aromatic heterocycles. The van der Waals surface area contributed by atoms with Crippen molar-refractivity contribution in [3.63, 3.8) is 0 Å². The molecule has 0 bridgehead atoms. The van der Waals surface area contributed by atoms with Crippen LogP contribution in [0.3, 0.4) is 0 Å². The Morgan fingerprint density at radius 3 is 2.32 bits per heavy atom. The van der Waals surface area contributed by atoms with Gasteiger partial charge in [0.2, 0.25) is 0 Å². The fourth-order valence-corrected chi connectivity index (χ4v) is 4.02. The number of rotatable bonds is 8. The van der Waals surface area contributed by atoms with Crippen LogP contribution in [0.15, 0.2) is 84.0 Å². The minimum Gasteiger partial charge on any atom is -0.491 e. The van der Waals surface area contributed by atoms with E-state index in [1.807, 2.05) is 60.7 Å². The molecule has 0 unspecified atom stereocenters. The molecule has 0 amide bonds. The summed E-state index contributed by atoms with van der Waals surface area (Å²) in [5, 5.41) is 20.1. The number of aryl methyl sites for hydroxylation is 2. The van der Waals surface area contributed by atoms with E-state index in [-0.39, 0.29) is 6.61 Å². The van der Waals surface area contributed by atoms with Gasteiger partial charge in [-0.25, -0.2) is 0 Å². The SMILES string of the molecule is Cc1ccc(-n2c(SC[C@H](O)COc3ccccc3)nnc2-c2ccccc2)cc1C. The predicted molar refractivity (Wildman–Crippen MR) is 125 cm³/mol. The molecule has 0 fully saturated rings. The summed E-state index contributed by atoms with van der Waals surface area (Å²) in [5.41, 5.74) is 4.44. The van der Waals surface area contributed by atoms with Crippen molar-refractivity contribution in [1.82, 2.24) is 14.8 Å². The number of benzene rings is 3. The fraction of sp³-hybridized carbons (Fsp3) is 0.200. The minimum absolute atomic E-state index is 0.223. The smallest absolute Gasteiger partial charge is 0.196 e. The molecule has 4 rings (SSSR count). The van der Waals surface area contributed by atoms with Crippen molar-refractivity contribution in [2.45, 2.75) is 25.1 Å². The van der Waals surface area contributed by atoms with E-state index in [4.69, 9.17) is 4.74 Å². The Hall–Kier alpha value is -3.09. The van der Waals surface area contributed by atoms with Crippen LogP contribution in [0.1, 0.15) is 11.1 Å². The third kappa shape index (κ3) is 5.16. The standard InChI is InChI=1S/C25H25N3O2S/c1-18-13-14-21(15-19(18)2)28-24(20-9-5-3-6-10-20)26-27-25(28)31-17-22(29)16-30-23-11-7-4-8-12-23/h3-15,22,29H,16-17H2,1-2H3/t22-/m1/s1. The Balaban J connectivity index is 1.55. The lowest BCUT2D eigenvalue weighted by Gasteiger charge is -2.14. The van der Waals surface area contributed by atoms with Gasteiger partial charge >= 0.3 is 0 Å². The predicted octanol–water partition coefficient (Wildman–Crippen LogP) is 5.08. The molecular formula is C25H25N3O2S. The number of hydrogen-bond acceptors (Lipinski definition) is 5. The molecule has 0 spiro atoms. The van der Waals surface area contributed by atoms with Crippen molar-refractivity contribution in [3.8, 4) is 22.8 Å². The summed E-state index contributed by atoms with van der Waals surface area (Å²) >= 11 is 1.47. The Labute approximate surface area is 186 Å². The first kappa shape index (κ1) is 21.2. The van der Waals surface area contributed by atoms with Gasteiger partial charge in [0.1, 0.15) is 12.4 Å². The maximum atomic E-state index is 10.4. The lowest BCUT2D eigenvalue weighted by Crippen LogP contribution is -2.20. The van der Waals surface area contributed by atoms with Gasteiger partial charge in [-0.15, -0.1) is 10.2 Å². The number of hydrogen-bond donors (Lipinski definition) is 1. The van der Waals surface area contributed by atoms with Crippen LogP contribution >= 0.6 is 11.8 Å². The van der Waals surface area contributed by atoms with Crippen LogP contribution in [-0.4, -0.2) is 38.3 Å². The highest BCUT2D eigenvalue weighted by Crippen LogP contribution is 2.29. The Bertz CT molecular complexity index is 1130. The quantitative estimate of drug-likeness (QED) is 0.394. The number of ether oxygens (including phenoxy) is 1. The molecule has 5 nitrogen and oxygen atoms in total. The maximum Gasteiger partial charge on any atom is 0.196 e. The molecule has 0 aliphatic rings. The van der Waals surface area contributed by atoms with Gasteiger partial charge in [0.15, 0.2) is 11.0 Å². The second-order valence-corrected chi connectivity index (χ2v) is 8.35. The number of nitrogens with zero attached hydrogens (tertiary/aromatic N) is 3. The van der Waals surface area contributed by atoms with Crippen LogP contribution in [0.2, 0.25) is 0 Å². The molecule has 0 radical (unpaired) electrons. The van der Waals surface area contributed by atoms with Crippen molar-refractivity contribution >= 4 is 11.8 Å². The van der Waals surface area contributed by atoms with Gasteiger partial charge in [-0.3, -0.25) is 4.57 Å². The first-order valence-corrected chi connectivity index (χ1v) is 11.2. The van der Waals surface area contributed by atoms with E-state index in [1.54, 1.807) is 0 Å². The Morgan fingerprint density at radius 1 is 0.903 bits per heavy atom. The van der Waals surface area contributed by atoms with Crippen molar-refractivity contribution in [2.75, 3.05) is 12.4 Å². The molecule has 1 heterocycles. The van der Waals surface area contributed by atoms with E-state index < -0.39 is 6.10 Å². The van der Waals surface area contributed by atoms with Crippen molar-refractivity contribution in [1.29, 1.82) is 0 Å². The third-order valence-electron chi connectivity index (χ3n) is 5.00. The lowest BCUT2D eigenvalue weighted by atomic mass is 10.1. The summed E-state index contributed by atoms with van der Waals surface area (Å²) in [4.78, 5) is 0. The van der Waals surface area contributed by atoms with Gasteiger partial charge in [0.25, 0.3) is 0 Å². The molecule has 0 aliphatic heterocycles. The minimum atomic E-state index is -0.629. The number of aliphatic hydroxyl groups is 1. The number of thioether (sulfide) groups is 1. The normalized spacial score (nSPS) is 12.0. The maximum absolute atomic E-state index is 10.4. The van der Waals surface area contributed by atoms with Gasteiger partial charge < -0.3 is 9.84 Å². The number of aromatic nitrogens is 3. The van der Waals surface area contributed by atoms with Crippen LogP contribution in [0.4, 0.5) is 0 Å². The monoisotopic (exact) mass is 431 g/mol. The van der Waals surface area contributed by atoms with E-state index in [0.717, 1.165) is 28.0 Å². The van der Waals surface area contributed by atoms with Gasteiger partial charge in [-0.2, -0.15) is 0 Å². The van der Waals surface area contributed by atoms with E-state index in [0.29, 0.717) is 5.75 Å². The van der Waals surface area contributed by atoms with E-state index in [2.05, 4.69) is 46.8 Å². The Morgan fingerprint density at radius 2 is 1.61 bits per heavy atom. The van der Waals surface area contributed by atoms with Gasteiger partial charge in [0.05, 0.1) is 11.8 Å². The van der Waals surface area contributed by atoms with Crippen molar-refractivity contribution in [3.05, 3.63) is 90.0 Å². The highest BCUT2D eigenvalue weighted by molar-refractivity contribution is 7.99. The summed E-state index contributed by atoms with van der Waals surface area (Å²) in [7, 11) is 0. The Kier molecular flexibility index (Phi) is 6.70. The summed E-state index contributed by atoms with van der Waals surface area (Å²) < 4.78 is 7.72. The van der Waals surface area contributed by atoms with Gasteiger partial charge in [-0.05, 0) is 49.2 Å². The molecule has 1 atom stereocenters. The zero-order chi connectivity index (χ0) is 21.6. The topological polar surface area (TPSA) is 60.2 Å². The summed E-state index contributed by atoms with van der Waals surface area (Å²) in [6, 6.07) is 25.9. The first-order valence-electron chi connectivity index (χ1n) is 10.2. The van der Waals surface area contributed by atoms with E-state index >= 15 is 0 Å². The molecule has 6 heteroatoms. The molecule has 0 saturated heterocycles. The molecule has 0 aliphatic carbocycles. The zero-order valence-electron chi connectivity index (χ0n) is 17.6. The number of aliphatic hydroxyl groups excluding tert-OH is 1. The molecule has 1 N–H and O–H groups in total. The fourth-order valence-electron chi connectivity index (χ4n) is 3.16. The summed E-state index contributed by atoms with van der Waals surface area (Å²) in [6.45, 7) is 4.42. The van der Waals surface area contributed by atoms with Crippen molar-refractivity contribution < 1.29 is 9.84 Å². The van der Waals surface area contributed by atoms with Crippen LogP contribution in [0.5, 0.6) is 5.75 Å². The van der Waals surface area contributed by atoms with Gasteiger partial charge in [0, 0.05) is 11.3 Å².